The number of carbonyl (C=O) groups is 1. The lowest BCUT2D eigenvalue weighted by Crippen LogP contribution is -2.40. The van der Waals surface area contributed by atoms with Gasteiger partial charge in [-0.05, 0) is 70.2 Å². The molecule has 2 N–H and O–H groups in total. The zero-order valence-corrected chi connectivity index (χ0v) is 13.9. The second-order valence-electron chi connectivity index (χ2n) is 4.31. The molecule has 1 aliphatic rings. The Kier molecular flexibility index (Phi) is 4.70. The van der Waals surface area contributed by atoms with Gasteiger partial charge in [0.25, 0.3) is 5.91 Å². The molecule has 98 valence electrons. The van der Waals surface area contributed by atoms with Crippen LogP contribution < -0.4 is 0 Å². The number of hydrogen-bond donors (Lipinski definition) is 2. The molecular formula is C12H13I2NO3. The van der Waals surface area contributed by atoms with Gasteiger partial charge in [-0.1, -0.05) is 0 Å². The van der Waals surface area contributed by atoms with E-state index in [9.17, 15) is 15.0 Å². The van der Waals surface area contributed by atoms with Crippen molar-refractivity contribution in [1.82, 2.24) is 4.90 Å². The molecular weight excluding hydrogens is 460 g/mol. The van der Waals surface area contributed by atoms with Crippen LogP contribution in [-0.4, -0.2) is 40.2 Å². The molecule has 1 aliphatic heterocycles. The molecule has 0 bridgehead atoms. The fourth-order valence-electron chi connectivity index (χ4n) is 1.97. The van der Waals surface area contributed by atoms with E-state index in [4.69, 9.17) is 0 Å². The van der Waals surface area contributed by atoms with Gasteiger partial charge in [0.15, 0.2) is 0 Å². The molecule has 6 heteroatoms. The number of benzene rings is 1. The van der Waals surface area contributed by atoms with Crippen LogP contribution in [0, 0.1) is 7.14 Å². The monoisotopic (exact) mass is 473 g/mol. The van der Waals surface area contributed by atoms with Crippen molar-refractivity contribution in [3.63, 3.8) is 0 Å². The standard InChI is InChI=1S/C12H13I2NO3/c13-7-5-9(11(17)10(14)6-7)12(18)15-3-1-8(16)2-4-15/h5-6,8,16-17H,1-4H2. The third-order valence-electron chi connectivity index (χ3n) is 3.01. The number of halogens is 2. The van der Waals surface area contributed by atoms with Crippen molar-refractivity contribution in [1.29, 1.82) is 0 Å². The predicted molar refractivity (Wildman–Crippen MR) is 84.7 cm³/mol. The first kappa shape index (κ1) is 14.3. The summed E-state index contributed by atoms with van der Waals surface area (Å²) < 4.78 is 1.61. The summed E-state index contributed by atoms with van der Waals surface area (Å²) in [5.41, 5.74) is 0.350. The fourth-order valence-corrected chi connectivity index (χ4v) is 3.81. The van der Waals surface area contributed by atoms with Crippen molar-refractivity contribution >= 4 is 51.1 Å². The van der Waals surface area contributed by atoms with E-state index in [1.165, 1.54) is 0 Å². The van der Waals surface area contributed by atoms with Crippen LogP contribution in [0.4, 0.5) is 0 Å². The number of phenols is 1. The molecule has 0 saturated carbocycles. The third-order valence-corrected chi connectivity index (χ3v) is 4.46. The topological polar surface area (TPSA) is 60.8 Å². The largest absolute Gasteiger partial charge is 0.506 e. The van der Waals surface area contributed by atoms with Crippen LogP contribution in [-0.2, 0) is 0 Å². The minimum atomic E-state index is -0.307. The SMILES string of the molecule is O=C(c1cc(I)cc(I)c1O)N1CCC(O)CC1. The van der Waals surface area contributed by atoms with Gasteiger partial charge in [0, 0.05) is 16.7 Å². The molecule has 1 fully saturated rings. The number of aliphatic hydroxyl groups is 1. The van der Waals surface area contributed by atoms with E-state index in [2.05, 4.69) is 22.6 Å². The van der Waals surface area contributed by atoms with Gasteiger partial charge < -0.3 is 15.1 Å². The molecule has 0 spiro atoms. The molecule has 0 atom stereocenters. The lowest BCUT2D eigenvalue weighted by Gasteiger charge is -2.29. The highest BCUT2D eigenvalue weighted by Gasteiger charge is 2.25. The molecule has 1 aromatic carbocycles. The predicted octanol–water partition coefficient (Wildman–Crippen LogP) is 2.20. The van der Waals surface area contributed by atoms with E-state index < -0.39 is 0 Å². The molecule has 1 saturated heterocycles. The number of amides is 1. The zero-order chi connectivity index (χ0) is 13.3. The number of rotatable bonds is 1. The first-order valence-corrected chi connectivity index (χ1v) is 7.80. The van der Waals surface area contributed by atoms with Crippen LogP contribution in [0.15, 0.2) is 12.1 Å². The highest BCUT2D eigenvalue weighted by Crippen LogP contribution is 2.28. The van der Waals surface area contributed by atoms with E-state index in [0.717, 1.165) is 3.57 Å². The van der Waals surface area contributed by atoms with Crippen LogP contribution >= 0.6 is 45.2 Å². The zero-order valence-electron chi connectivity index (χ0n) is 9.57. The molecule has 1 heterocycles. The van der Waals surface area contributed by atoms with Gasteiger partial charge in [0.1, 0.15) is 5.75 Å². The van der Waals surface area contributed by atoms with E-state index in [1.54, 1.807) is 11.0 Å². The van der Waals surface area contributed by atoms with Gasteiger partial charge in [-0.3, -0.25) is 4.79 Å². The Balaban J connectivity index is 2.23. The van der Waals surface area contributed by atoms with Gasteiger partial charge >= 0.3 is 0 Å². The minimum Gasteiger partial charge on any atom is -0.506 e. The van der Waals surface area contributed by atoms with Crippen molar-refractivity contribution in [3.05, 3.63) is 24.8 Å². The van der Waals surface area contributed by atoms with Crippen molar-refractivity contribution < 1.29 is 15.0 Å². The van der Waals surface area contributed by atoms with Crippen molar-refractivity contribution in [3.8, 4) is 5.75 Å². The summed E-state index contributed by atoms with van der Waals surface area (Å²) >= 11 is 4.15. The van der Waals surface area contributed by atoms with Gasteiger partial charge in [-0.15, -0.1) is 0 Å². The number of aliphatic hydroxyl groups excluding tert-OH is 1. The number of likely N-dealkylation sites (tertiary alicyclic amines) is 1. The molecule has 2 rings (SSSR count). The van der Waals surface area contributed by atoms with Gasteiger partial charge in [-0.2, -0.15) is 0 Å². The van der Waals surface area contributed by atoms with E-state index in [0.29, 0.717) is 35.1 Å². The highest BCUT2D eigenvalue weighted by molar-refractivity contribution is 14.1. The second-order valence-corrected chi connectivity index (χ2v) is 6.71. The summed E-state index contributed by atoms with van der Waals surface area (Å²) in [6, 6.07) is 3.53. The van der Waals surface area contributed by atoms with Crippen LogP contribution in [0.5, 0.6) is 5.75 Å². The summed E-state index contributed by atoms with van der Waals surface area (Å²) in [7, 11) is 0. The Hall–Kier alpha value is -0.0900. The number of aromatic hydroxyl groups is 1. The number of hydrogen-bond acceptors (Lipinski definition) is 3. The van der Waals surface area contributed by atoms with Crippen molar-refractivity contribution in [2.45, 2.75) is 18.9 Å². The molecule has 0 aromatic heterocycles. The number of piperidine rings is 1. The molecule has 4 nitrogen and oxygen atoms in total. The maximum Gasteiger partial charge on any atom is 0.257 e. The van der Waals surface area contributed by atoms with Crippen LogP contribution in [0.25, 0.3) is 0 Å². The van der Waals surface area contributed by atoms with Crippen molar-refractivity contribution in [2.75, 3.05) is 13.1 Å². The second kappa shape index (κ2) is 5.91. The molecule has 18 heavy (non-hydrogen) atoms. The van der Waals surface area contributed by atoms with Gasteiger partial charge in [0.2, 0.25) is 0 Å². The molecule has 0 aliphatic carbocycles. The summed E-state index contributed by atoms with van der Waals surface area (Å²) in [5, 5.41) is 19.4. The smallest absolute Gasteiger partial charge is 0.257 e. The Morgan fingerprint density at radius 2 is 1.89 bits per heavy atom. The average molecular weight is 473 g/mol. The van der Waals surface area contributed by atoms with Crippen LogP contribution in [0.2, 0.25) is 0 Å². The molecule has 0 unspecified atom stereocenters. The van der Waals surface area contributed by atoms with Gasteiger partial charge in [-0.25, -0.2) is 0 Å². The van der Waals surface area contributed by atoms with Gasteiger partial charge in [0.05, 0.1) is 15.2 Å². The molecule has 0 radical (unpaired) electrons. The Bertz CT molecular complexity index is 471. The van der Waals surface area contributed by atoms with E-state index in [-0.39, 0.29) is 17.8 Å². The first-order valence-electron chi connectivity index (χ1n) is 5.64. The Labute approximate surface area is 133 Å². The number of nitrogens with zero attached hydrogens (tertiary/aromatic N) is 1. The quantitative estimate of drug-likeness (QED) is 0.616. The first-order chi connectivity index (χ1) is 8.49. The van der Waals surface area contributed by atoms with Crippen molar-refractivity contribution in [2.24, 2.45) is 0 Å². The maximum absolute atomic E-state index is 12.3. The number of phenolic OH excluding ortho intramolecular Hbond substituents is 1. The Morgan fingerprint density at radius 3 is 2.50 bits per heavy atom. The summed E-state index contributed by atoms with van der Waals surface area (Å²) in [6.07, 6.45) is 0.903. The van der Waals surface area contributed by atoms with Crippen LogP contribution in [0.1, 0.15) is 23.2 Å². The normalized spacial score (nSPS) is 16.9. The lowest BCUT2D eigenvalue weighted by atomic mass is 10.1. The average Bonchev–Trinajstić information content (AvgIpc) is 2.34. The van der Waals surface area contributed by atoms with Crippen LogP contribution in [0.3, 0.4) is 0 Å². The summed E-state index contributed by atoms with van der Waals surface area (Å²) in [6.45, 7) is 1.09. The number of carbonyl (C=O) groups excluding carboxylic acids is 1. The summed E-state index contributed by atoms with van der Waals surface area (Å²) in [5.74, 6) is -0.108. The fraction of sp³-hybridized carbons (Fsp3) is 0.417. The van der Waals surface area contributed by atoms with E-state index in [1.807, 2.05) is 28.7 Å². The molecule has 1 amide bonds. The third kappa shape index (κ3) is 3.08. The molecule has 1 aromatic rings. The minimum absolute atomic E-state index is 0.0483. The Morgan fingerprint density at radius 1 is 1.28 bits per heavy atom. The summed E-state index contributed by atoms with van der Waals surface area (Å²) in [4.78, 5) is 14.0. The maximum atomic E-state index is 12.3. The highest BCUT2D eigenvalue weighted by atomic mass is 127. The van der Waals surface area contributed by atoms with E-state index >= 15 is 0 Å². The lowest BCUT2D eigenvalue weighted by molar-refractivity contribution is 0.0544.